The SMILES string of the molecule is O=C(c1ccccc1F)N1CCC[C@H](c2nc(-c3ccc(Cl)cc3)no2)C1. The van der Waals surface area contributed by atoms with Crippen molar-refractivity contribution >= 4 is 17.5 Å². The topological polar surface area (TPSA) is 59.2 Å². The summed E-state index contributed by atoms with van der Waals surface area (Å²) in [5.74, 6) is 0.0934. The van der Waals surface area contributed by atoms with Gasteiger partial charge in [-0.1, -0.05) is 28.9 Å². The molecule has 1 aromatic heterocycles. The number of nitrogens with zero attached hydrogens (tertiary/aromatic N) is 3. The number of hydrogen-bond donors (Lipinski definition) is 0. The van der Waals surface area contributed by atoms with E-state index in [9.17, 15) is 9.18 Å². The maximum absolute atomic E-state index is 13.9. The van der Waals surface area contributed by atoms with E-state index in [0.717, 1.165) is 18.4 Å². The largest absolute Gasteiger partial charge is 0.339 e. The minimum atomic E-state index is -0.507. The van der Waals surface area contributed by atoms with Crippen molar-refractivity contribution in [2.75, 3.05) is 13.1 Å². The monoisotopic (exact) mass is 385 g/mol. The molecule has 2 aromatic carbocycles. The number of aromatic nitrogens is 2. The molecular weight excluding hydrogens is 369 g/mol. The van der Waals surface area contributed by atoms with Crippen molar-refractivity contribution in [3.8, 4) is 11.4 Å². The van der Waals surface area contributed by atoms with Crippen LogP contribution in [0.1, 0.15) is 35.0 Å². The van der Waals surface area contributed by atoms with Gasteiger partial charge in [-0.2, -0.15) is 4.98 Å². The van der Waals surface area contributed by atoms with Gasteiger partial charge in [0.2, 0.25) is 11.7 Å². The Morgan fingerprint density at radius 3 is 2.74 bits per heavy atom. The first-order valence-electron chi connectivity index (χ1n) is 8.75. The molecule has 0 radical (unpaired) electrons. The molecule has 2 heterocycles. The lowest BCUT2D eigenvalue weighted by molar-refractivity contribution is 0.0691. The van der Waals surface area contributed by atoms with Crippen molar-refractivity contribution in [2.45, 2.75) is 18.8 Å². The van der Waals surface area contributed by atoms with Gasteiger partial charge in [0.1, 0.15) is 5.82 Å². The summed E-state index contributed by atoms with van der Waals surface area (Å²) in [5, 5.41) is 4.68. The molecule has 0 aliphatic carbocycles. The maximum atomic E-state index is 13.9. The molecule has 1 aliphatic rings. The number of piperidine rings is 1. The van der Waals surface area contributed by atoms with Crippen molar-refractivity contribution in [2.24, 2.45) is 0 Å². The van der Waals surface area contributed by atoms with E-state index in [1.54, 1.807) is 29.2 Å². The molecule has 27 heavy (non-hydrogen) atoms. The number of carbonyl (C=O) groups is 1. The first-order valence-corrected chi connectivity index (χ1v) is 9.13. The Bertz CT molecular complexity index is 958. The van der Waals surface area contributed by atoms with Crippen LogP contribution in [0.3, 0.4) is 0 Å². The summed E-state index contributed by atoms with van der Waals surface area (Å²) in [4.78, 5) is 18.8. The van der Waals surface area contributed by atoms with Gasteiger partial charge in [0.15, 0.2) is 0 Å². The van der Waals surface area contributed by atoms with Crippen molar-refractivity contribution in [1.82, 2.24) is 15.0 Å². The fourth-order valence-electron chi connectivity index (χ4n) is 3.29. The highest BCUT2D eigenvalue weighted by atomic mass is 35.5. The zero-order valence-corrected chi connectivity index (χ0v) is 15.2. The second kappa shape index (κ2) is 7.48. The number of amides is 1. The average molecular weight is 386 g/mol. The molecule has 1 fully saturated rings. The van der Waals surface area contributed by atoms with Gasteiger partial charge in [0, 0.05) is 23.7 Å². The molecule has 1 atom stereocenters. The molecule has 138 valence electrons. The molecule has 1 aliphatic heterocycles. The lowest BCUT2D eigenvalue weighted by atomic mass is 9.97. The van der Waals surface area contributed by atoms with Gasteiger partial charge in [-0.05, 0) is 49.2 Å². The quantitative estimate of drug-likeness (QED) is 0.663. The summed E-state index contributed by atoms with van der Waals surface area (Å²) in [7, 11) is 0. The van der Waals surface area contributed by atoms with Gasteiger partial charge in [-0.3, -0.25) is 4.79 Å². The molecule has 0 spiro atoms. The van der Waals surface area contributed by atoms with Gasteiger partial charge >= 0.3 is 0 Å². The van der Waals surface area contributed by atoms with Crippen molar-refractivity contribution in [1.29, 1.82) is 0 Å². The number of rotatable bonds is 3. The van der Waals surface area contributed by atoms with Crippen LogP contribution < -0.4 is 0 Å². The highest BCUT2D eigenvalue weighted by Gasteiger charge is 2.30. The fourth-order valence-corrected chi connectivity index (χ4v) is 3.41. The Labute approximate surface area is 160 Å². The Morgan fingerprint density at radius 1 is 1.19 bits per heavy atom. The summed E-state index contributed by atoms with van der Waals surface area (Å²) in [6.07, 6.45) is 1.63. The lowest BCUT2D eigenvalue weighted by Gasteiger charge is -2.31. The molecule has 1 saturated heterocycles. The van der Waals surface area contributed by atoms with E-state index in [2.05, 4.69) is 10.1 Å². The number of halogens is 2. The average Bonchev–Trinajstić information content (AvgIpc) is 3.19. The van der Waals surface area contributed by atoms with Gasteiger partial charge in [-0.25, -0.2) is 4.39 Å². The second-order valence-electron chi connectivity index (χ2n) is 6.53. The van der Waals surface area contributed by atoms with Gasteiger partial charge in [0.25, 0.3) is 5.91 Å². The standard InChI is InChI=1S/C20H17ClFN3O2/c21-15-9-7-13(8-10-15)18-23-19(27-24-18)14-4-3-11-25(12-14)20(26)16-5-1-2-6-17(16)22/h1-2,5-10,14H,3-4,11-12H2/t14-/m0/s1. The first-order chi connectivity index (χ1) is 13.1. The molecule has 1 amide bonds. The predicted octanol–water partition coefficient (Wildman–Crippen LogP) is 4.55. The Hall–Kier alpha value is -2.73. The van der Waals surface area contributed by atoms with E-state index >= 15 is 0 Å². The molecule has 0 N–H and O–H groups in total. The van der Waals surface area contributed by atoms with Crippen molar-refractivity contribution in [3.05, 3.63) is 70.8 Å². The molecule has 0 unspecified atom stereocenters. The van der Waals surface area contributed by atoms with Crippen LogP contribution in [0.15, 0.2) is 53.1 Å². The first kappa shape index (κ1) is 17.7. The van der Waals surface area contributed by atoms with E-state index < -0.39 is 5.82 Å². The maximum Gasteiger partial charge on any atom is 0.256 e. The fraction of sp³-hybridized carbons (Fsp3) is 0.250. The number of likely N-dealkylation sites (tertiary alicyclic amines) is 1. The third-order valence-electron chi connectivity index (χ3n) is 4.71. The highest BCUT2D eigenvalue weighted by molar-refractivity contribution is 6.30. The minimum absolute atomic E-state index is 0.0666. The molecular formula is C20H17ClFN3O2. The van der Waals surface area contributed by atoms with E-state index in [1.165, 1.54) is 12.1 Å². The summed E-state index contributed by atoms with van der Waals surface area (Å²) in [6, 6.07) is 13.2. The molecule has 5 nitrogen and oxygen atoms in total. The van der Waals surface area contributed by atoms with Crippen LogP contribution >= 0.6 is 11.6 Å². The van der Waals surface area contributed by atoms with Crippen LogP contribution in [-0.4, -0.2) is 34.0 Å². The van der Waals surface area contributed by atoms with E-state index in [1.807, 2.05) is 12.1 Å². The van der Waals surface area contributed by atoms with Crippen molar-refractivity contribution in [3.63, 3.8) is 0 Å². The Balaban J connectivity index is 1.51. The second-order valence-corrected chi connectivity index (χ2v) is 6.97. The van der Waals surface area contributed by atoms with Gasteiger partial charge < -0.3 is 9.42 Å². The van der Waals surface area contributed by atoms with Crippen LogP contribution in [-0.2, 0) is 0 Å². The summed E-state index contributed by atoms with van der Waals surface area (Å²) < 4.78 is 19.4. The van der Waals surface area contributed by atoms with Crippen LogP contribution in [0.25, 0.3) is 11.4 Å². The van der Waals surface area contributed by atoms with Gasteiger partial charge in [-0.15, -0.1) is 0 Å². The van der Waals surface area contributed by atoms with E-state index in [0.29, 0.717) is 29.8 Å². The summed E-state index contributed by atoms with van der Waals surface area (Å²) >= 11 is 5.91. The van der Waals surface area contributed by atoms with Crippen LogP contribution in [0.2, 0.25) is 5.02 Å². The molecule has 3 aromatic rings. The number of hydrogen-bond acceptors (Lipinski definition) is 4. The van der Waals surface area contributed by atoms with Crippen molar-refractivity contribution < 1.29 is 13.7 Å². The highest BCUT2D eigenvalue weighted by Crippen LogP contribution is 2.29. The predicted molar refractivity (Wildman–Crippen MR) is 99.0 cm³/mol. The summed E-state index contributed by atoms with van der Waals surface area (Å²) in [6.45, 7) is 1.01. The van der Waals surface area contributed by atoms with Crippen LogP contribution in [0, 0.1) is 5.82 Å². The molecule has 0 bridgehead atoms. The third kappa shape index (κ3) is 3.71. The van der Waals surface area contributed by atoms with Gasteiger partial charge in [0.05, 0.1) is 11.5 Å². The van der Waals surface area contributed by atoms with Crippen LogP contribution in [0.4, 0.5) is 4.39 Å². The minimum Gasteiger partial charge on any atom is -0.339 e. The number of carbonyl (C=O) groups excluding carboxylic acids is 1. The van der Waals surface area contributed by atoms with E-state index in [4.69, 9.17) is 16.1 Å². The smallest absolute Gasteiger partial charge is 0.256 e. The normalized spacial score (nSPS) is 17.1. The molecule has 7 heteroatoms. The zero-order valence-electron chi connectivity index (χ0n) is 14.4. The van der Waals surface area contributed by atoms with Crippen LogP contribution in [0.5, 0.6) is 0 Å². The zero-order chi connectivity index (χ0) is 18.8. The van der Waals surface area contributed by atoms with E-state index in [-0.39, 0.29) is 17.4 Å². The lowest BCUT2D eigenvalue weighted by Crippen LogP contribution is -2.39. The Morgan fingerprint density at radius 2 is 1.96 bits per heavy atom. The third-order valence-corrected chi connectivity index (χ3v) is 4.96. The molecule has 0 saturated carbocycles. The number of benzene rings is 2. The molecule has 4 rings (SSSR count). The Kier molecular flexibility index (Phi) is 4.90. The summed E-state index contributed by atoms with van der Waals surface area (Å²) in [5.41, 5.74) is 0.898.